The number of fused-ring (bicyclic) bond motifs is 3. The Kier molecular flexibility index (Phi) is 3.46. The molecule has 2 aromatic heterocycles. The van der Waals surface area contributed by atoms with Crippen molar-refractivity contribution in [1.82, 2.24) is 9.97 Å². The van der Waals surface area contributed by atoms with E-state index in [4.69, 9.17) is 15.2 Å². The zero-order chi connectivity index (χ0) is 16.8. The smallest absolute Gasteiger partial charge is 0.143 e. The molecule has 25 heavy (non-hydrogen) atoms. The van der Waals surface area contributed by atoms with Gasteiger partial charge in [0, 0.05) is 16.5 Å². The summed E-state index contributed by atoms with van der Waals surface area (Å²) in [6, 6.07) is 9.80. The molecule has 2 aliphatic carbocycles. The molecular formula is C20H18N4S. The van der Waals surface area contributed by atoms with E-state index in [1.54, 1.807) is 0 Å². The van der Waals surface area contributed by atoms with Gasteiger partial charge >= 0.3 is 0 Å². The molecule has 1 fully saturated rings. The highest BCUT2D eigenvalue weighted by Crippen LogP contribution is 2.43. The monoisotopic (exact) mass is 346 g/mol. The molecule has 0 radical (unpaired) electrons. The summed E-state index contributed by atoms with van der Waals surface area (Å²) >= 11 is 1.85. The Hall–Kier alpha value is -2.45. The topological polar surface area (TPSA) is 61.6 Å². The van der Waals surface area contributed by atoms with Crippen molar-refractivity contribution in [2.24, 2.45) is 0 Å². The maximum atomic E-state index is 9.15. The molecule has 0 aliphatic heterocycles. The van der Waals surface area contributed by atoms with Gasteiger partial charge in [0.05, 0.1) is 17.0 Å². The SMILES string of the molecule is N#Cc1cccc(Nc2nc(C3CC3)nc3sc4c(c23)CCCC4)c1. The van der Waals surface area contributed by atoms with Gasteiger partial charge in [0.2, 0.25) is 0 Å². The molecule has 0 bridgehead atoms. The van der Waals surface area contributed by atoms with Crippen molar-refractivity contribution in [3.8, 4) is 6.07 Å². The van der Waals surface area contributed by atoms with Crippen LogP contribution in [0.25, 0.3) is 10.2 Å². The van der Waals surface area contributed by atoms with Crippen molar-refractivity contribution >= 4 is 33.1 Å². The number of nitrogens with zero attached hydrogens (tertiary/aromatic N) is 3. The van der Waals surface area contributed by atoms with Gasteiger partial charge in [0.15, 0.2) is 0 Å². The van der Waals surface area contributed by atoms with Crippen LogP contribution in [0.3, 0.4) is 0 Å². The Morgan fingerprint density at radius 2 is 2.04 bits per heavy atom. The van der Waals surface area contributed by atoms with Crippen molar-refractivity contribution in [3.63, 3.8) is 0 Å². The third-order valence-electron chi connectivity index (χ3n) is 5.03. The van der Waals surface area contributed by atoms with E-state index in [0.717, 1.165) is 28.6 Å². The summed E-state index contributed by atoms with van der Waals surface area (Å²) in [6.45, 7) is 0. The summed E-state index contributed by atoms with van der Waals surface area (Å²) in [5.74, 6) is 2.42. The number of nitrogens with one attached hydrogen (secondary N) is 1. The molecular weight excluding hydrogens is 328 g/mol. The summed E-state index contributed by atoms with van der Waals surface area (Å²) in [4.78, 5) is 12.4. The van der Waals surface area contributed by atoms with Crippen LogP contribution in [-0.4, -0.2) is 9.97 Å². The Morgan fingerprint density at radius 3 is 2.88 bits per heavy atom. The number of thiophene rings is 1. The number of rotatable bonds is 3. The van der Waals surface area contributed by atoms with E-state index in [1.807, 2.05) is 35.6 Å². The number of aromatic nitrogens is 2. The predicted molar refractivity (Wildman–Crippen MR) is 100 cm³/mol. The molecule has 124 valence electrons. The second-order valence-corrected chi connectivity index (χ2v) is 8.00. The average Bonchev–Trinajstić information content (AvgIpc) is 3.42. The molecule has 1 saturated carbocycles. The van der Waals surface area contributed by atoms with Gasteiger partial charge < -0.3 is 5.32 Å². The van der Waals surface area contributed by atoms with Gasteiger partial charge in [0.25, 0.3) is 0 Å². The van der Waals surface area contributed by atoms with Crippen LogP contribution in [-0.2, 0) is 12.8 Å². The molecule has 0 unspecified atom stereocenters. The highest BCUT2D eigenvalue weighted by molar-refractivity contribution is 7.19. The number of benzene rings is 1. The van der Waals surface area contributed by atoms with E-state index in [-0.39, 0.29) is 0 Å². The van der Waals surface area contributed by atoms with E-state index in [1.165, 1.54) is 47.9 Å². The molecule has 0 atom stereocenters. The molecule has 0 saturated heterocycles. The third kappa shape index (κ3) is 2.67. The lowest BCUT2D eigenvalue weighted by Gasteiger charge is -2.13. The minimum atomic E-state index is 0.523. The van der Waals surface area contributed by atoms with Crippen LogP contribution >= 0.6 is 11.3 Å². The molecule has 0 amide bonds. The van der Waals surface area contributed by atoms with Gasteiger partial charge in [0.1, 0.15) is 16.5 Å². The number of anilines is 2. The fourth-order valence-corrected chi connectivity index (χ4v) is 4.86. The van der Waals surface area contributed by atoms with E-state index >= 15 is 0 Å². The lowest BCUT2D eigenvalue weighted by atomic mass is 9.97. The molecule has 2 heterocycles. The maximum Gasteiger partial charge on any atom is 0.143 e. The third-order valence-corrected chi connectivity index (χ3v) is 6.21. The first kappa shape index (κ1) is 14.9. The predicted octanol–water partition coefficient (Wildman–Crippen LogP) is 5.06. The summed E-state index contributed by atoms with van der Waals surface area (Å²) in [7, 11) is 0. The van der Waals surface area contributed by atoms with Gasteiger partial charge in [-0.25, -0.2) is 9.97 Å². The summed E-state index contributed by atoms with van der Waals surface area (Å²) in [5.41, 5.74) is 3.01. The highest BCUT2D eigenvalue weighted by Gasteiger charge is 2.29. The zero-order valence-corrected chi connectivity index (χ0v) is 14.7. The van der Waals surface area contributed by atoms with Crippen molar-refractivity contribution in [3.05, 3.63) is 46.1 Å². The Labute approximate surface area is 150 Å². The summed E-state index contributed by atoms with van der Waals surface area (Å²) < 4.78 is 0. The van der Waals surface area contributed by atoms with Crippen LogP contribution in [0, 0.1) is 11.3 Å². The molecule has 3 aromatic rings. The minimum Gasteiger partial charge on any atom is -0.340 e. The Bertz CT molecular complexity index is 1010. The van der Waals surface area contributed by atoms with Crippen LogP contribution in [0.1, 0.15) is 53.4 Å². The molecule has 2 aliphatic rings. The summed E-state index contributed by atoms with van der Waals surface area (Å²) in [5, 5.41) is 13.8. The first-order chi connectivity index (χ1) is 12.3. The fourth-order valence-electron chi connectivity index (χ4n) is 3.59. The summed E-state index contributed by atoms with van der Waals surface area (Å²) in [6.07, 6.45) is 7.19. The largest absolute Gasteiger partial charge is 0.340 e. The van der Waals surface area contributed by atoms with Crippen LogP contribution in [0.4, 0.5) is 11.5 Å². The highest BCUT2D eigenvalue weighted by atomic mass is 32.1. The van der Waals surface area contributed by atoms with Crippen molar-refractivity contribution in [2.45, 2.75) is 44.4 Å². The second-order valence-electron chi connectivity index (χ2n) is 6.91. The normalized spacial score (nSPS) is 16.4. The molecule has 5 heteroatoms. The van der Waals surface area contributed by atoms with Gasteiger partial charge in [-0.05, 0) is 62.3 Å². The van der Waals surface area contributed by atoms with Crippen LogP contribution < -0.4 is 5.32 Å². The molecule has 1 aromatic carbocycles. The van der Waals surface area contributed by atoms with Crippen LogP contribution in [0.2, 0.25) is 0 Å². The van der Waals surface area contributed by atoms with Crippen molar-refractivity contribution in [2.75, 3.05) is 5.32 Å². The first-order valence-corrected chi connectivity index (χ1v) is 9.73. The lowest BCUT2D eigenvalue weighted by molar-refractivity contribution is 0.700. The minimum absolute atomic E-state index is 0.523. The van der Waals surface area contributed by atoms with Gasteiger partial charge in [-0.3, -0.25) is 0 Å². The van der Waals surface area contributed by atoms with E-state index < -0.39 is 0 Å². The average molecular weight is 346 g/mol. The van der Waals surface area contributed by atoms with Gasteiger partial charge in [-0.1, -0.05) is 6.07 Å². The van der Waals surface area contributed by atoms with E-state index in [0.29, 0.717) is 11.5 Å². The first-order valence-electron chi connectivity index (χ1n) is 8.91. The number of hydrogen-bond acceptors (Lipinski definition) is 5. The zero-order valence-electron chi connectivity index (χ0n) is 13.9. The van der Waals surface area contributed by atoms with Crippen LogP contribution in [0.5, 0.6) is 0 Å². The van der Waals surface area contributed by atoms with E-state index in [9.17, 15) is 0 Å². The molecule has 0 spiro atoms. The lowest BCUT2D eigenvalue weighted by Crippen LogP contribution is -2.03. The quantitative estimate of drug-likeness (QED) is 0.720. The van der Waals surface area contributed by atoms with E-state index in [2.05, 4.69) is 11.4 Å². The van der Waals surface area contributed by atoms with Gasteiger partial charge in [-0.2, -0.15) is 5.26 Å². The maximum absolute atomic E-state index is 9.15. The standard InChI is InChI=1S/C20H18N4S/c21-11-12-4-3-5-14(10-12)22-19-17-15-6-1-2-7-16(15)25-20(17)24-18(23-19)13-8-9-13/h3-5,10,13H,1-2,6-9H2,(H,22,23,24). The van der Waals surface area contributed by atoms with Gasteiger partial charge in [-0.15, -0.1) is 11.3 Å². The number of aryl methyl sites for hydroxylation is 2. The fraction of sp³-hybridized carbons (Fsp3) is 0.350. The number of nitriles is 1. The molecule has 4 nitrogen and oxygen atoms in total. The Balaban J connectivity index is 1.66. The molecule has 5 rings (SSSR count). The Morgan fingerprint density at radius 1 is 1.16 bits per heavy atom. The molecule has 1 N–H and O–H groups in total. The van der Waals surface area contributed by atoms with Crippen molar-refractivity contribution < 1.29 is 0 Å². The van der Waals surface area contributed by atoms with Crippen molar-refractivity contribution in [1.29, 1.82) is 5.26 Å². The number of hydrogen-bond donors (Lipinski definition) is 1. The van der Waals surface area contributed by atoms with Crippen LogP contribution in [0.15, 0.2) is 24.3 Å². The second kappa shape index (κ2) is 5.82.